The van der Waals surface area contributed by atoms with Gasteiger partial charge in [0.2, 0.25) is 0 Å². The maximum absolute atomic E-state index is 13.5. The summed E-state index contributed by atoms with van der Waals surface area (Å²) in [5.74, 6) is -0.857. The Kier molecular flexibility index (Phi) is 10.5. The van der Waals surface area contributed by atoms with Crippen molar-refractivity contribution in [1.29, 1.82) is 0 Å². The van der Waals surface area contributed by atoms with E-state index in [1.54, 1.807) is 34.9 Å². The van der Waals surface area contributed by atoms with Gasteiger partial charge >= 0.3 is 12.0 Å². The molecule has 0 spiro atoms. The third kappa shape index (κ3) is 8.17. The van der Waals surface area contributed by atoms with E-state index in [1.165, 1.54) is 18.2 Å². The second-order valence-electron chi connectivity index (χ2n) is 9.69. The molecule has 0 saturated carbocycles. The first-order valence-corrected chi connectivity index (χ1v) is 14.7. The van der Waals surface area contributed by atoms with E-state index in [-0.39, 0.29) is 22.9 Å². The number of rotatable bonds is 13. The molecule has 3 aromatic rings. The lowest BCUT2D eigenvalue weighted by Gasteiger charge is -2.16. The topological polar surface area (TPSA) is 111 Å². The van der Waals surface area contributed by atoms with Gasteiger partial charge in [-0.05, 0) is 79.1 Å². The number of thioether (sulfide) groups is 1. The molecule has 3 N–H and O–H groups in total. The van der Waals surface area contributed by atoms with Crippen molar-refractivity contribution in [1.82, 2.24) is 5.43 Å². The van der Waals surface area contributed by atoms with Crippen molar-refractivity contribution < 1.29 is 23.9 Å². The van der Waals surface area contributed by atoms with Crippen LogP contribution in [-0.2, 0) is 11.2 Å². The van der Waals surface area contributed by atoms with Crippen LogP contribution in [0.5, 0.6) is 0 Å². The number of hydrazone groups is 1. The lowest BCUT2D eigenvalue weighted by atomic mass is 10.1. The number of carboxylic acids is 1. The third-order valence-electron chi connectivity index (χ3n) is 6.63. The Labute approximate surface area is 243 Å². The number of carbonyl (C=O) groups is 3. The highest BCUT2D eigenvalue weighted by molar-refractivity contribution is 7.99. The van der Waals surface area contributed by atoms with Crippen LogP contribution in [0.4, 0.5) is 20.6 Å². The van der Waals surface area contributed by atoms with Crippen LogP contribution >= 0.6 is 11.8 Å². The Morgan fingerprint density at radius 1 is 1.00 bits per heavy atom. The summed E-state index contributed by atoms with van der Waals surface area (Å²) in [6.07, 6.45) is 5.78. The number of urea groups is 1. The Bertz CT molecular complexity index is 1430. The van der Waals surface area contributed by atoms with Crippen LogP contribution in [0.3, 0.4) is 0 Å². The molecule has 0 radical (unpaired) electrons. The van der Waals surface area contributed by atoms with Crippen LogP contribution < -0.4 is 15.6 Å². The monoisotopic (exact) mass is 576 g/mol. The van der Waals surface area contributed by atoms with Crippen molar-refractivity contribution in [3.8, 4) is 0 Å². The average molecular weight is 577 g/mol. The number of benzene rings is 3. The van der Waals surface area contributed by atoms with Crippen molar-refractivity contribution in [3.63, 3.8) is 0 Å². The molecule has 0 aromatic heterocycles. The first kappa shape index (κ1) is 29.8. The maximum Gasteiger partial charge on any atom is 0.339 e. The van der Waals surface area contributed by atoms with Gasteiger partial charge in [-0.2, -0.15) is 5.10 Å². The number of aromatic carboxylic acids is 1. The van der Waals surface area contributed by atoms with E-state index in [9.17, 15) is 18.8 Å². The van der Waals surface area contributed by atoms with Crippen LogP contribution in [0.2, 0.25) is 0 Å². The zero-order valence-electron chi connectivity index (χ0n) is 22.9. The van der Waals surface area contributed by atoms with Gasteiger partial charge in [-0.15, -0.1) is 11.8 Å². The van der Waals surface area contributed by atoms with Gasteiger partial charge < -0.3 is 15.3 Å². The first-order chi connectivity index (χ1) is 19.9. The highest BCUT2D eigenvalue weighted by Gasteiger charge is 2.34. The zero-order chi connectivity index (χ0) is 29.2. The molecule has 0 aliphatic carbocycles. The van der Waals surface area contributed by atoms with E-state index in [4.69, 9.17) is 5.11 Å². The van der Waals surface area contributed by atoms with Crippen LogP contribution in [0.25, 0.3) is 0 Å². The largest absolute Gasteiger partial charge is 0.478 e. The van der Waals surface area contributed by atoms with Crippen LogP contribution in [0, 0.1) is 5.82 Å². The summed E-state index contributed by atoms with van der Waals surface area (Å²) in [7, 11) is 0. The Morgan fingerprint density at radius 2 is 1.80 bits per heavy atom. The minimum Gasteiger partial charge on any atom is -0.478 e. The van der Waals surface area contributed by atoms with Crippen molar-refractivity contribution >= 4 is 46.8 Å². The summed E-state index contributed by atoms with van der Waals surface area (Å²) in [6.45, 7) is 2.70. The van der Waals surface area contributed by atoms with Gasteiger partial charge in [0, 0.05) is 22.7 Å². The lowest BCUT2D eigenvalue weighted by molar-refractivity contribution is -0.112. The number of anilines is 2. The Hall–Kier alpha value is -4.18. The second kappa shape index (κ2) is 14.5. The van der Waals surface area contributed by atoms with E-state index in [0.29, 0.717) is 12.1 Å². The van der Waals surface area contributed by atoms with E-state index in [0.717, 1.165) is 60.4 Å². The summed E-state index contributed by atoms with van der Waals surface area (Å²) in [5, 5.41) is 15.7. The summed E-state index contributed by atoms with van der Waals surface area (Å²) < 4.78 is 13.5. The fraction of sp³-hybridized carbons (Fsp3) is 0.290. The molecule has 1 aliphatic rings. The standard InChI is InChI=1S/C31H33FN4O4S/c1-2-3-4-5-17-36-27-16-15-25(41-18-7-8-21-11-13-22(14-12-21)30(38)39)20-26(27)28(29(36)37)34-35-31(40)33-24-10-6-9-23(32)19-24/h6,9-16,19-20H,2-5,7-8,17-18H2,1H3,(H,38,39)(H2,33,35,40)/b34-28+. The molecule has 0 bridgehead atoms. The minimum absolute atomic E-state index is 0.158. The van der Waals surface area contributed by atoms with Gasteiger partial charge in [-0.25, -0.2) is 19.4 Å². The molecule has 8 nitrogen and oxygen atoms in total. The molecule has 1 heterocycles. The minimum atomic E-state index is -0.938. The molecule has 0 saturated heterocycles. The molecule has 214 valence electrons. The molecule has 0 unspecified atom stereocenters. The summed E-state index contributed by atoms with van der Waals surface area (Å²) in [4.78, 5) is 39.5. The van der Waals surface area contributed by atoms with Crippen molar-refractivity contribution in [3.05, 3.63) is 89.2 Å². The predicted molar refractivity (Wildman–Crippen MR) is 160 cm³/mol. The smallest absolute Gasteiger partial charge is 0.339 e. The number of nitrogens with zero attached hydrogens (tertiary/aromatic N) is 2. The predicted octanol–water partition coefficient (Wildman–Crippen LogP) is 6.70. The molecular formula is C31H33FN4O4S. The molecule has 10 heteroatoms. The van der Waals surface area contributed by atoms with Crippen LogP contribution in [-0.4, -0.2) is 41.0 Å². The average Bonchev–Trinajstić information content (AvgIpc) is 3.22. The van der Waals surface area contributed by atoms with E-state index in [2.05, 4.69) is 22.8 Å². The molecule has 3 aromatic carbocycles. The Balaban J connectivity index is 1.43. The maximum atomic E-state index is 13.5. The summed E-state index contributed by atoms with van der Waals surface area (Å²) in [6, 6.07) is 17.6. The first-order valence-electron chi connectivity index (χ1n) is 13.7. The number of carboxylic acid groups (broad SMARTS) is 1. The SMILES string of the molecule is CCCCCCN1C(=O)/C(=N/NC(=O)Nc2cccc(F)c2)c2cc(SCCCc3ccc(C(=O)O)cc3)ccc21. The molecule has 4 rings (SSSR count). The van der Waals surface area contributed by atoms with Crippen molar-refractivity contribution in [2.45, 2.75) is 50.3 Å². The van der Waals surface area contributed by atoms with Crippen LogP contribution in [0.15, 0.2) is 76.7 Å². The third-order valence-corrected chi connectivity index (χ3v) is 7.71. The molecule has 0 fully saturated rings. The zero-order valence-corrected chi connectivity index (χ0v) is 23.7. The fourth-order valence-electron chi connectivity index (χ4n) is 4.52. The summed E-state index contributed by atoms with van der Waals surface area (Å²) in [5.41, 5.74) is 5.59. The molecule has 41 heavy (non-hydrogen) atoms. The Morgan fingerprint density at radius 3 is 2.54 bits per heavy atom. The number of carbonyl (C=O) groups excluding carboxylic acids is 2. The number of unbranched alkanes of at least 4 members (excludes halogenated alkanes) is 3. The van der Waals surface area contributed by atoms with Crippen LogP contribution in [0.1, 0.15) is 60.5 Å². The van der Waals surface area contributed by atoms with Crippen molar-refractivity contribution in [2.24, 2.45) is 5.10 Å². The van der Waals surface area contributed by atoms with Gasteiger partial charge in [-0.1, -0.05) is 44.4 Å². The molecular weight excluding hydrogens is 543 g/mol. The molecule has 0 atom stereocenters. The van der Waals surface area contributed by atoms with E-state index in [1.807, 2.05) is 30.3 Å². The molecule has 1 aliphatic heterocycles. The van der Waals surface area contributed by atoms with E-state index < -0.39 is 17.8 Å². The van der Waals surface area contributed by atoms with Crippen molar-refractivity contribution in [2.75, 3.05) is 22.5 Å². The van der Waals surface area contributed by atoms with Gasteiger partial charge in [-0.3, -0.25) is 4.79 Å². The normalized spacial score (nSPS) is 13.4. The number of halogens is 1. The lowest BCUT2D eigenvalue weighted by Crippen LogP contribution is -2.33. The number of amides is 3. The quantitative estimate of drug-likeness (QED) is 0.119. The van der Waals surface area contributed by atoms with Gasteiger partial charge in [0.25, 0.3) is 5.91 Å². The number of nitrogens with one attached hydrogen (secondary N) is 2. The van der Waals surface area contributed by atoms with Gasteiger partial charge in [0.15, 0.2) is 5.71 Å². The number of hydrogen-bond donors (Lipinski definition) is 3. The fourth-order valence-corrected chi connectivity index (χ4v) is 5.41. The van der Waals surface area contributed by atoms with Gasteiger partial charge in [0.05, 0.1) is 11.3 Å². The second-order valence-corrected chi connectivity index (χ2v) is 10.9. The van der Waals surface area contributed by atoms with E-state index >= 15 is 0 Å². The highest BCUT2D eigenvalue weighted by Crippen LogP contribution is 2.34. The van der Waals surface area contributed by atoms with Gasteiger partial charge in [0.1, 0.15) is 5.82 Å². The number of aryl methyl sites for hydroxylation is 1. The highest BCUT2D eigenvalue weighted by atomic mass is 32.2. The molecule has 3 amide bonds. The number of hydrogen-bond acceptors (Lipinski definition) is 5. The number of fused-ring (bicyclic) bond motifs is 1. The summed E-state index contributed by atoms with van der Waals surface area (Å²) >= 11 is 1.66.